The first-order chi connectivity index (χ1) is 9.88. The van der Waals surface area contributed by atoms with Gasteiger partial charge in [-0.3, -0.25) is 0 Å². The van der Waals surface area contributed by atoms with E-state index in [4.69, 9.17) is 0 Å². The lowest BCUT2D eigenvalue weighted by atomic mass is 10.2. The molecule has 0 aromatic heterocycles. The first kappa shape index (κ1) is 15.2. The van der Waals surface area contributed by atoms with Gasteiger partial charge in [-0.15, -0.1) is 0 Å². The van der Waals surface area contributed by atoms with Crippen molar-refractivity contribution < 1.29 is 12.8 Å². The van der Waals surface area contributed by atoms with Gasteiger partial charge in [-0.2, -0.15) is 13.5 Å². The monoisotopic (exact) mass is 306 g/mol. The number of hydrogen-bond donors (Lipinski definition) is 1. The summed E-state index contributed by atoms with van der Waals surface area (Å²) in [5.74, 6) is -0.358. The van der Waals surface area contributed by atoms with Crippen LogP contribution in [-0.2, 0) is 10.0 Å². The summed E-state index contributed by atoms with van der Waals surface area (Å²) in [6.45, 7) is 3.54. The molecule has 0 heterocycles. The predicted molar refractivity (Wildman–Crippen MR) is 80.2 cm³/mol. The zero-order valence-electron chi connectivity index (χ0n) is 11.7. The van der Waals surface area contributed by atoms with Crippen LogP contribution in [0.3, 0.4) is 0 Å². The fourth-order valence-corrected chi connectivity index (χ4v) is 2.89. The molecule has 0 saturated heterocycles. The van der Waals surface area contributed by atoms with Crippen molar-refractivity contribution in [2.45, 2.75) is 18.7 Å². The van der Waals surface area contributed by atoms with E-state index in [-0.39, 0.29) is 10.7 Å². The third kappa shape index (κ3) is 3.88. The van der Waals surface area contributed by atoms with Crippen molar-refractivity contribution in [2.75, 3.05) is 0 Å². The summed E-state index contributed by atoms with van der Waals surface area (Å²) in [7, 11) is -3.71. The summed E-state index contributed by atoms with van der Waals surface area (Å²) in [6, 6.07) is 10.7. The molecule has 4 nitrogen and oxygen atoms in total. The van der Waals surface area contributed by atoms with Crippen LogP contribution >= 0.6 is 0 Å². The number of benzene rings is 2. The Kier molecular flexibility index (Phi) is 4.37. The standard InChI is InChI=1S/C15H15FN2O2S/c1-11-3-4-12(2)15(9-11)21(19,20)18-17-10-13-5-7-14(16)8-6-13/h3-10,18H,1-2H3. The molecule has 0 radical (unpaired) electrons. The fourth-order valence-electron chi connectivity index (χ4n) is 1.77. The molecule has 0 atom stereocenters. The number of aryl methyl sites for hydroxylation is 2. The highest BCUT2D eigenvalue weighted by molar-refractivity contribution is 7.89. The summed E-state index contributed by atoms with van der Waals surface area (Å²) in [5.41, 5.74) is 2.09. The van der Waals surface area contributed by atoms with Gasteiger partial charge in [0.2, 0.25) is 0 Å². The van der Waals surface area contributed by atoms with E-state index < -0.39 is 10.0 Å². The average Bonchev–Trinajstić information content (AvgIpc) is 2.43. The molecule has 6 heteroatoms. The number of sulfonamides is 1. The Labute approximate surface area is 123 Å². The average molecular weight is 306 g/mol. The fraction of sp³-hybridized carbons (Fsp3) is 0.133. The van der Waals surface area contributed by atoms with Crippen LogP contribution in [0.1, 0.15) is 16.7 Å². The second-order valence-electron chi connectivity index (χ2n) is 4.67. The third-order valence-electron chi connectivity index (χ3n) is 2.89. The molecular formula is C15H15FN2O2S. The van der Waals surface area contributed by atoms with Gasteiger partial charge >= 0.3 is 0 Å². The van der Waals surface area contributed by atoms with Crippen LogP contribution in [0.5, 0.6) is 0 Å². The number of halogens is 1. The van der Waals surface area contributed by atoms with E-state index in [9.17, 15) is 12.8 Å². The van der Waals surface area contributed by atoms with E-state index >= 15 is 0 Å². The van der Waals surface area contributed by atoms with Gasteiger partial charge in [-0.25, -0.2) is 9.22 Å². The normalized spacial score (nSPS) is 11.8. The molecule has 0 aliphatic heterocycles. The van der Waals surface area contributed by atoms with E-state index in [0.29, 0.717) is 11.1 Å². The molecule has 0 fully saturated rings. The first-order valence-corrected chi connectivity index (χ1v) is 7.74. The Morgan fingerprint density at radius 1 is 1.10 bits per heavy atom. The minimum Gasteiger partial charge on any atom is -0.207 e. The van der Waals surface area contributed by atoms with E-state index in [1.165, 1.54) is 30.5 Å². The number of hydrogen-bond acceptors (Lipinski definition) is 3. The maximum absolute atomic E-state index is 12.7. The lowest BCUT2D eigenvalue weighted by Gasteiger charge is -2.07. The maximum atomic E-state index is 12.7. The molecule has 0 bridgehead atoms. The second-order valence-corrected chi connectivity index (χ2v) is 6.30. The van der Waals surface area contributed by atoms with Crippen LogP contribution in [0, 0.1) is 19.7 Å². The van der Waals surface area contributed by atoms with Crippen molar-refractivity contribution in [3.8, 4) is 0 Å². The molecule has 0 saturated carbocycles. The molecule has 2 aromatic carbocycles. The van der Waals surface area contributed by atoms with Crippen LogP contribution in [-0.4, -0.2) is 14.6 Å². The van der Waals surface area contributed by atoms with E-state index in [0.717, 1.165) is 5.56 Å². The van der Waals surface area contributed by atoms with Gasteiger partial charge in [0, 0.05) is 0 Å². The highest BCUT2D eigenvalue weighted by Gasteiger charge is 2.15. The van der Waals surface area contributed by atoms with Crippen LogP contribution in [0.4, 0.5) is 4.39 Å². The lowest BCUT2D eigenvalue weighted by molar-refractivity contribution is 0.584. The topological polar surface area (TPSA) is 58.5 Å². The quantitative estimate of drug-likeness (QED) is 0.697. The molecule has 0 aliphatic rings. The van der Waals surface area contributed by atoms with E-state index in [2.05, 4.69) is 9.93 Å². The van der Waals surface area contributed by atoms with Crippen molar-refractivity contribution in [1.29, 1.82) is 0 Å². The molecule has 0 spiro atoms. The summed E-state index contributed by atoms with van der Waals surface area (Å²) < 4.78 is 37.1. The Morgan fingerprint density at radius 3 is 2.43 bits per heavy atom. The van der Waals surface area contributed by atoms with Crippen LogP contribution in [0.25, 0.3) is 0 Å². The van der Waals surface area contributed by atoms with E-state index in [1.54, 1.807) is 19.1 Å². The zero-order valence-corrected chi connectivity index (χ0v) is 12.5. The van der Waals surface area contributed by atoms with Crippen molar-refractivity contribution >= 4 is 16.2 Å². The van der Waals surface area contributed by atoms with Crippen LogP contribution in [0.15, 0.2) is 52.5 Å². The van der Waals surface area contributed by atoms with Crippen molar-refractivity contribution in [1.82, 2.24) is 4.83 Å². The van der Waals surface area contributed by atoms with Crippen molar-refractivity contribution in [3.63, 3.8) is 0 Å². The number of rotatable bonds is 4. The first-order valence-electron chi connectivity index (χ1n) is 6.26. The largest absolute Gasteiger partial charge is 0.276 e. The molecular weight excluding hydrogens is 291 g/mol. The molecule has 0 aliphatic carbocycles. The van der Waals surface area contributed by atoms with Gasteiger partial charge in [0.05, 0.1) is 11.1 Å². The predicted octanol–water partition coefficient (Wildman–Crippen LogP) is 2.75. The Hall–Kier alpha value is -2.21. The van der Waals surface area contributed by atoms with Crippen LogP contribution < -0.4 is 4.83 Å². The van der Waals surface area contributed by atoms with Crippen LogP contribution in [0.2, 0.25) is 0 Å². The Bertz CT molecular complexity index is 769. The number of nitrogens with zero attached hydrogens (tertiary/aromatic N) is 1. The van der Waals surface area contributed by atoms with E-state index in [1.807, 2.05) is 13.0 Å². The molecule has 21 heavy (non-hydrogen) atoms. The highest BCUT2D eigenvalue weighted by atomic mass is 32.2. The molecule has 1 N–H and O–H groups in total. The van der Waals surface area contributed by atoms with Gasteiger partial charge < -0.3 is 0 Å². The molecule has 2 aromatic rings. The number of hydrazone groups is 1. The number of nitrogens with one attached hydrogen (secondary N) is 1. The van der Waals surface area contributed by atoms with Gasteiger partial charge in [0.1, 0.15) is 5.82 Å². The SMILES string of the molecule is Cc1ccc(C)c(S(=O)(=O)NN=Cc2ccc(F)cc2)c1. The minimum atomic E-state index is -3.71. The minimum absolute atomic E-state index is 0.193. The van der Waals surface area contributed by atoms with Gasteiger partial charge in [-0.05, 0) is 48.7 Å². The Balaban J connectivity index is 2.18. The van der Waals surface area contributed by atoms with Gasteiger partial charge in [-0.1, -0.05) is 24.3 Å². The Morgan fingerprint density at radius 2 is 1.76 bits per heavy atom. The van der Waals surface area contributed by atoms with Gasteiger partial charge in [0.25, 0.3) is 10.0 Å². The van der Waals surface area contributed by atoms with Crippen molar-refractivity contribution in [3.05, 3.63) is 65.0 Å². The van der Waals surface area contributed by atoms with Crippen molar-refractivity contribution in [2.24, 2.45) is 5.10 Å². The maximum Gasteiger partial charge on any atom is 0.276 e. The summed E-state index contributed by atoms with van der Waals surface area (Å²) in [5, 5.41) is 3.70. The van der Waals surface area contributed by atoms with Gasteiger partial charge in [0.15, 0.2) is 0 Å². The summed E-state index contributed by atoms with van der Waals surface area (Å²) in [6.07, 6.45) is 1.32. The molecule has 2 rings (SSSR count). The lowest BCUT2D eigenvalue weighted by Crippen LogP contribution is -2.19. The summed E-state index contributed by atoms with van der Waals surface area (Å²) >= 11 is 0. The molecule has 110 valence electrons. The third-order valence-corrected chi connectivity index (χ3v) is 4.25. The molecule has 0 unspecified atom stereocenters. The summed E-state index contributed by atoms with van der Waals surface area (Å²) in [4.78, 5) is 2.35. The zero-order chi connectivity index (χ0) is 15.5. The second kappa shape index (κ2) is 6.05. The smallest absolute Gasteiger partial charge is 0.207 e. The highest BCUT2D eigenvalue weighted by Crippen LogP contribution is 2.16. The molecule has 0 amide bonds.